The van der Waals surface area contributed by atoms with E-state index in [2.05, 4.69) is 15.6 Å². The largest absolute Gasteiger partial charge is 0.496 e. The summed E-state index contributed by atoms with van der Waals surface area (Å²) in [6.45, 7) is 0.497. The second kappa shape index (κ2) is 11.2. The van der Waals surface area contributed by atoms with Crippen molar-refractivity contribution in [2.45, 2.75) is 13.2 Å². The number of aromatic amines is 1. The average Bonchev–Trinajstić information content (AvgIpc) is 3.23. The zero-order valence-corrected chi connectivity index (χ0v) is 21.9. The van der Waals surface area contributed by atoms with E-state index in [-0.39, 0.29) is 6.61 Å². The van der Waals surface area contributed by atoms with Gasteiger partial charge < -0.3 is 19.6 Å². The van der Waals surface area contributed by atoms with Crippen LogP contribution in [0.2, 0.25) is 15.1 Å². The minimum atomic E-state index is 0.162. The fourth-order valence-corrected chi connectivity index (χ4v) is 4.35. The molecule has 0 unspecified atom stereocenters. The quantitative estimate of drug-likeness (QED) is 0.220. The fourth-order valence-electron chi connectivity index (χ4n) is 3.42. The van der Waals surface area contributed by atoms with E-state index in [4.69, 9.17) is 61.2 Å². The summed E-state index contributed by atoms with van der Waals surface area (Å²) >= 11 is 24.5. The van der Waals surface area contributed by atoms with Gasteiger partial charge in [-0.05, 0) is 48.1 Å². The highest BCUT2D eigenvalue weighted by Crippen LogP contribution is 2.35. The molecule has 0 saturated heterocycles. The van der Waals surface area contributed by atoms with Crippen molar-refractivity contribution in [3.63, 3.8) is 0 Å². The number of aromatic nitrogens is 3. The molecule has 35 heavy (non-hydrogen) atoms. The van der Waals surface area contributed by atoms with Crippen LogP contribution in [0.15, 0.2) is 54.6 Å². The second-order valence-electron chi connectivity index (χ2n) is 7.31. The maximum Gasteiger partial charge on any atom is 0.214 e. The summed E-state index contributed by atoms with van der Waals surface area (Å²) in [6.07, 6.45) is 0. The molecular weight excluding hydrogens is 531 g/mol. The third kappa shape index (κ3) is 5.51. The molecule has 0 fully saturated rings. The van der Waals surface area contributed by atoms with Gasteiger partial charge in [0.1, 0.15) is 12.4 Å². The Morgan fingerprint density at radius 2 is 1.63 bits per heavy atom. The molecule has 4 aromatic rings. The van der Waals surface area contributed by atoms with Crippen LogP contribution >= 0.6 is 47.0 Å². The molecule has 0 aliphatic carbocycles. The maximum atomic E-state index is 6.58. The van der Waals surface area contributed by atoms with Gasteiger partial charge in [0.25, 0.3) is 0 Å². The lowest BCUT2D eigenvalue weighted by molar-refractivity contribution is 0.284. The predicted molar refractivity (Wildman–Crippen MR) is 141 cm³/mol. The zero-order valence-electron chi connectivity index (χ0n) is 18.8. The summed E-state index contributed by atoms with van der Waals surface area (Å²) in [6, 6.07) is 16.3. The SMILES string of the molecule is COc1cc(CNn2c(-c3ccccc3OC)n[nH]c2=S)c(Cl)cc1OCc1c(Cl)cccc1Cl. The molecule has 0 bridgehead atoms. The van der Waals surface area contributed by atoms with Crippen LogP contribution in [-0.2, 0) is 13.2 Å². The molecule has 182 valence electrons. The van der Waals surface area contributed by atoms with E-state index in [0.29, 0.717) is 55.0 Å². The van der Waals surface area contributed by atoms with Gasteiger partial charge in [0, 0.05) is 26.7 Å². The topological polar surface area (TPSA) is 73.3 Å². The Bertz CT molecular complexity index is 1390. The van der Waals surface area contributed by atoms with Gasteiger partial charge >= 0.3 is 0 Å². The normalized spacial score (nSPS) is 10.8. The van der Waals surface area contributed by atoms with Crippen molar-refractivity contribution in [3.05, 3.63) is 85.6 Å². The Balaban J connectivity index is 1.56. The number of nitrogens with one attached hydrogen (secondary N) is 2. The summed E-state index contributed by atoms with van der Waals surface area (Å²) in [5.74, 6) is 2.22. The molecule has 0 aliphatic heterocycles. The summed E-state index contributed by atoms with van der Waals surface area (Å²) in [5, 5.41) is 8.68. The van der Waals surface area contributed by atoms with E-state index in [9.17, 15) is 0 Å². The van der Waals surface area contributed by atoms with E-state index < -0.39 is 0 Å². The first-order valence-electron chi connectivity index (χ1n) is 10.4. The predicted octanol–water partition coefficient (Wildman–Crippen LogP) is 6.91. The number of nitrogens with zero attached hydrogens (tertiary/aromatic N) is 2. The fraction of sp³-hybridized carbons (Fsp3) is 0.167. The standard InChI is InChI=1S/C24H21Cl3N4O3S/c1-32-20-9-4-3-6-15(20)23-29-30-24(35)31(23)28-12-14-10-21(33-2)22(11-19(14)27)34-13-16-17(25)7-5-8-18(16)26/h3-11,28H,12-13H2,1-2H3,(H,30,35). The van der Waals surface area contributed by atoms with Crippen LogP contribution < -0.4 is 19.6 Å². The van der Waals surface area contributed by atoms with E-state index in [1.54, 1.807) is 49.2 Å². The smallest absolute Gasteiger partial charge is 0.214 e. The van der Waals surface area contributed by atoms with Gasteiger partial charge in [-0.15, -0.1) is 0 Å². The molecule has 0 amide bonds. The molecule has 4 rings (SSSR count). The monoisotopic (exact) mass is 550 g/mol. The molecule has 2 N–H and O–H groups in total. The Morgan fingerprint density at radius 3 is 2.34 bits per heavy atom. The van der Waals surface area contributed by atoms with Crippen LogP contribution in [0.3, 0.4) is 0 Å². The van der Waals surface area contributed by atoms with Crippen LogP contribution in [-0.4, -0.2) is 29.1 Å². The van der Waals surface area contributed by atoms with Crippen LogP contribution in [0.4, 0.5) is 0 Å². The third-order valence-electron chi connectivity index (χ3n) is 5.21. The molecule has 0 saturated carbocycles. The highest BCUT2D eigenvalue weighted by molar-refractivity contribution is 7.71. The molecule has 0 radical (unpaired) electrons. The highest BCUT2D eigenvalue weighted by Gasteiger charge is 2.16. The van der Waals surface area contributed by atoms with E-state index >= 15 is 0 Å². The molecule has 1 aromatic heterocycles. The minimum Gasteiger partial charge on any atom is -0.496 e. The van der Waals surface area contributed by atoms with Crippen LogP contribution in [0.25, 0.3) is 11.4 Å². The lowest BCUT2D eigenvalue weighted by Crippen LogP contribution is -2.16. The molecule has 11 heteroatoms. The van der Waals surface area contributed by atoms with Crippen LogP contribution in [0, 0.1) is 4.77 Å². The number of methoxy groups -OCH3 is 2. The number of benzene rings is 3. The molecule has 7 nitrogen and oxygen atoms in total. The summed E-state index contributed by atoms with van der Waals surface area (Å²) in [7, 11) is 3.16. The van der Waals surface area contributed by atoms with E-state index in [1.807, 2.05) is 24.3 Å². The Morgan fingerprint density at radius 1 is 0.914 bits per heavy atom. The maximum absolute atomic E-state index is 6.58. The molecule has 0 aliphatic rings. The number of halogens is 3. The van der Waals surface area contributed by atoms with Crippen molar-refractivity contribution in [2.24, 2.45) is 0 Å². The molecule has 0 spiro atoms. The van der Waals surface area contributed by atoms with Crippen molar-refractivity contribution < 1.29 is 14.2 Å². The number of hydrogen-bond acceptors (Lipinski definition) is 6. The van der Waals surface area contributed by atoms with Crippen molar-refractivity contribution in [3.8, 4) is 28.6 Å². The van der Waals surface area contributed by atoms with Crippen LogP contribution in [0.5, 0.6) is 17.2 Å². The molecular formula is C24H21Cl3N4O3S. The van der Waals surface area contributed by atoms with Crippen molar-refractivity contribution in [1.82, 2.24) is 14.9 Å². The first kappa shape index (κ1) is 25.2. The first-order chi connectivity index (χ1) is 16.9. The van der Waals surface area contributed by atoms with Gasteiger partial charge in [-0.3, -0.25) is 0 Å². The Kier molecular flexibility index (Phi) is 8.07. The molecule has 0 atom stereocenters. The lowest BCUT2D eigenvalue weighted by Gasteiger charge is -2.16. The first-order valence-corrected chi connectivity index (χ1v) is 11.9. The van der Waals surface area contributed by atoms with Gasteiger partial charge in [0.2, 0.25) is 4.77 Å². The minimum absolute atomic E-state index is 0.162. The van der Waals surface area contributed by atoms with E-state index in [1.165, 1.54) is 0 Å². The molecule has 1 heterocycles. The second-order valence-corrected chi connectivity index (χ2v) is 8.91. The number of H-pyrrole nitrogens is 1. The lowest BCUT2D eigenvalue weighted by atomic mass is 10.2. The summed E-state index contributed by atoms with van der Waals surface area (Å²) < 4.78 is 19.0. The summed E-state index contributed by atoms with van der Waals surface area (Å²) in [4.78, 5) is 0. The number of hydrogen-bond donors (Lipinski definition) is 2. The number of ether oxygens (including phenoxy) is 3. The van der Waals surface area contributed by atoms with Crippen molar-refractivity contribution in [1.29, 1.82) is 0 Å². The van der Waals surface area contributed by atoms with Gasteiger partial charge in [0.05, 0.1) is 26.3 Å². The number of para-hydroxylation sites is 1. The van der Waals surface area contributed by atoms with Crippen molar-refractivity contribution >= 4 is 47.0 Å². The van der Waals surface area contributed by atoms with Gasteiger partial charge in [0.15, 0.2) is 17.3 Å². The Labute approximate surface area is 222 Å². The summed E-state index contributed by atoms with van der Waals surface area (Å²) in [5.41, 5.74) is 5.48. The molecule has 3 aromatic carbocycles. The Hall–Kier alpha value is -2.91. The van der Waals surface area contributed by atoms with E-state index in [0.717, 1.165) is 11.1 Å². The zero-order chi connectivity index (χ0) is 24.9. The van der Waals surface area contributed by atoms with Gasteiger partial charge in [-0.1, -0.05) is 53.0 Å². The van der Waals surface area contributed by atoms with Gasteiger partial charge in [-0.25, -0.2) is 9.77 Å². The van der Waals surface area contributed by atoms with Gasteiger partial charge in [-0.2, -0.15) is 5.10 Å². The number of rotatable bonds is 9. The third-order valence-corrected chi connectivity index (χ3v) is 6.55. The highest BCUT2D eigenvalue weighted by atomic mass is 35.5. The van der Waals surface area contributed by atoms with Crippen LogP contribution in [0.1, 0.15) is 11.1 Å². The van der Waals surface area contributed by atoms with Crippen molar-refractivity contribution in [2.75, 3.05) is 19.6 Å². The average molecular weight is 552 g/mol.